The minimum atomic E-state index is -4.69. The summed E-state index contributed by atoms with van der Waals surface area (Å²) >= 11 is 1.03. The molecule has 1 heterocycles. The molecule has 0 aliphatic heterocycles. The molecule has 0 fully saturated rings. The summed E-state index contributed by atoms with van der Waals surface area (Å²) in [6.07, 6.45) is -4.69. The number of hydrogen-bond acceptors (Lipinski definition) is 5. The monoisotopic (exact) mass is 529 g/mol. The van der Waals surface area contributed by atoms with E-state index in [0.29, 0.717) is 10.8 Å². The number of hydrogen-bond donors (Lipinski definition) is 2. The van der Waals surface area contributed by atoms with E-state index in [4.69, 9.17) is 0 Å². The fourth-order valence-corrected chi connectivity index (χ4v) is 4.18. The molecular formula is C25H19F4N5O2S. The molecule has 0 aliphatic rings. The molecule has 0 atom stereocenters. The number of nitrogens with zero attached hydrogens (tertiary/aromatic N) is 3. The van der Waals surface area contributed by atoms with Gasteiger partial charge in [-0.25, -0.2) is 4.39 Å². The fraction of sp³-hybridized carbons (Fsp3) is 0.120. The van der Waals surface area contributed by atoms with Crippen LogP contribution >= 0.6 is 11.8 Å². The van der Waals surface area contributed by atoms with Crippen molar-refractivity contribution < 1.29 is 27.2 Å². The zero-order valence-electron chi connectivity index (χ0n) is 19.0. The molecule has 2 amide bonds. The normalized spacial score (nSPS) is 11.2. The Hall–Kier alpha value is -4.19. The summed E-state index contributed by atoms with van der Waals surface area (Å²) in [5.41, 5.74) is -0.904. The van der Waals surface area contributed by atoms with E-state index in [1.54, 1.807) is 41.0 Å². The van der Waals surface area contributed by atoms with Crippen LogP contribution in [0.1, 0.15) is 21.7 Å². The summed E-state index contributed by atoms with van der Waals surface area (Å²) < 4.78 is 55.3. The van der Waals surface area contributed by atoms with E-state index in [-0.39, 0.29) is 23.8 Å². The lowest BCUT2D eigenvalue weighted by Gasteiger charge is -2.13. The van der Waals surface area contributed by atoms with E-state index in [2.05, 4.69) is 20.8 Å². The average molecular weight is 530 g/mol. The van der Waals surface area contributed by atoms with Gasteiger partial charge in [0.1, 0.15) is 5.82 Å². The summed E-state index contributed by atoms with van der Waals surface area (Å²) in [5, 5.41) is 13.4. The summed E-state index contributed by atoms with van der Waals surface area (Å²) in [6.45, 7) is -0.227. The molecule has 190 valence electrons. The van der Waals surface area contributed by atoms with Crippen molar-refractivity contribution in [2.45, 2.75) is 17.9 Å². The molecule has 0 saturated carbocycles. The van der Waals surface area contributed by atoms with Gasteiger partial charge in [-0.2, -0.15) is 13.2 Å². The maximum absolute atomic E-state index is 13.8. The largest absolute Gasteiger partial charge is 0.417 e. The van der Waals surface area contributed by atoms with Gasteiger partial charge in [0.15, 0.2) is 11.0 Å². The predicted molar refractivity (Wildman–Crippen MR) is 130 cm³/mol. The van der Waals surface area contributed by atoms with Crippen molar-refractivity contribution in [3.05, 3.63) is 102 Å². The van der Waals surface area contributed by atoms with Gasteiger partial charge in [-0.3, -0.25) is 14.2 Å². The predicted octanol–water partition coefficient (Wildman–Crippen LogP) is 5.09. The molecule has 0 radical (unpaired) electrons. The van der Waals surface area contributed by atoms with Gasteiger partial charge in [0.25, 0.3) is 5.91 Å². The summed E-state index contributed by atoms with van der Waals surface area (Å²) in [7, 11) is 0. The molecule has 4 aromatic rings. The third-order valence-corrected chi connectivity index (χ3v) is 6.01. The van der Waals surface area contributed by atoms with E-state index < -0.39 is 34.9 Å². The maximum Gasteiger partial charge on any atom is 0.417 e. The number of amides is 2. The zero-order chi connectivity index (χ0) is 26.4. The molecule has 3 aromatic carbocycles. The molecular weight excluding hydrogens is 510 g/mol. The van der Waals surface area contributed by atoms with E-state index in [9.17, 15) is 27.2 Å². The topological polar surface area (TPSA) is 88.9 Å². The van der Waals surface area contributed by atoms with Crippen molar-refractivity contribution in [2.24, 2.45) is 0 Å². The maximum atomic E-state index is 13.8. The van der Waals surface area contributed by atoms with Crippen LogP contribution in [0.25, 0.3) is 5.69 Å². The van der Waals surface area contributed by atoms with Crippen molar-refractivity contribution in [1.82, 2.24) is 20.1 Å². The summed E-state index contributed by atoms with van der Waals surface area (Å²) in [5.74, 6) is -1.85. The van der Waals surface area contributed by atoms with Gasteiger partial charge in [0, 0.05) is 5.69 Å². The minimum absolute atomic E-state index is 0.0418. The van der Waals surface area contributed by atoms with Gasteiger partial charge in [-0.05, 0) is 36.4 Å². The summed E-state index contributed by atoms with van der Waals surface area (Å²) in [6, 6.07) is 19.0. The van der Waals surface area contributed by atoms with Crippen LogP contribution in [-0.2, 0) is 17.5 Å². The SMILES string of the molecule is O=C(CSc1nnc(CNC(=O)c2ccccc2C(F)(F)F)n1-c1ccccc1)Nc1ccccc1F. The number of carbonyl (C=O) groups excluding carboxylic acids is 2. The molecule has 2 N–H and O–H groups in total. The van der Waals surface area contributed by atoms with E-state index in [1.165, 1.54) is 30.3 Å². The number of benzene rings is 3. The Kier molecular flexibility index (Phi) is 7.87. The molecule has 4 rings (SSSR count). The van der Waals surface area contributed by atoms with Gasteiger partial charge in [0.2, 0.25) is 5.91 Å². The highest BCUT2D eigenvalue weighted by Gasteiger charge is 2.34. The van der Waals surface area contributed by atoms with E-state index in [0.717, 1.165) is 23.9 Å². The third-order valence-electron chi connectivity index (χ3n) is 5.08. The quantitative estimate of drug-likeness (QED) is 0.245. The van der Waals surface area contributed by atoms with Gasteiger partial charge in [-0.15, -0.1) is 10.2 Å². The molecule has 0 spiro atoms. The summed E-state index contributed by atoms with van der Waals surface area (Å²) in [4.78, 5) is 25.0. The minimum Gasteiger partial charge on any atom is -0.345 e. The molecule has 0 unspecified atom stereocenters. The van der Waals surface area contributed by atoms with Crippen LogP contribution < -0.4 is 10.6 Å². The van der Waals surface area contributed by atoms with Gasteiger partial charge >= 0.3 is 6.18 Å². The number of halogens is 4. The molecule has 0 saturated heterocycles. The first-order valence-electron chi connectivity index (χ1n) is 10.9. The van der Waals surface area contributed by atoms with Crippen LogP contribution in [0.4, 0.5) is 23.2 Å². The third kappa shape index (κ3) is 6.33. The molecule has 1 aromatic heterocycles. The fourth-order valence-electron chi connectivity index (χ4n) is 3.41. The second-order valence-corrected chi connectivity index (χ2v) is 8.55. The van der Waals surface area contributed by atoms with Crippen LogP contribution in [0.5, 0.6) is 0 Å². The Bertz CT molecular complexity index is 1410. The van der Waals surface area contributed by atoms with E-state index >= 15 is 0 Å². The number of alkyl halides is 3. The van der Waals surface area contributed by atoms with Crippen molar-refractivity contribution >= 4 is 29.3 Å². The highest BCUT2D eigenvalue weighted by atomic mass is 32.2. The van der Waals surface area contributed by atoms with Crippen molar-refractivity contribution in [3.63, 3.8) is 0 Å². The van der Waals surface area contributed by atoms with Gasteiger partial charge in [-0.1, -0.05) is 54.2 Å². The van der Waals surface area contributed by atoms with Crippen LogP contribution in [0.15, 0.2) is 84.0 Å². The smallest absolute Gasteiger partial charge is 0.345 e. The lowest BCUT2D eigenvalue weighted by atomic mass is 10.1. The second-order valence-electron chi connectivity index (χ2n) is 7.61. The highest BCUT2D eigenvalue weighted by Crippen LogP contribution is 2.32. The molecule has 37 heavy (non-hydrogen) atoms. The van der Waals surface area contributed by atoms with Gasteiger partial charge in [0.05, 0.1) is 29.1 Å². The second kappa shape index (κ2) is 11.2. The van der Waals surface area contributed by atoms with Crippen LogP contribution in [0.3, 0.4) is 0 Å². The number of para-hydroxylation sites is 2. The van der Waals surface area contributed by atoms with Crippen LogP contribution in [0.2, 0.25) is 0 Å². The first-order chi connectivity index (χ1) is 17.7. The van der Waals surface area contributed by atoms with Crippen molar-refractivity contribution in [3.8, 4) is 5.69 Å². The number of anilines is 1. The first-order valence-corrected chi connectivity index (χ1v) is 11.8. The number of aromatic nitrogens is 3. The Morgan fingerprint density at radius 2 is 1.57 bits per heavy atom. The van der Waals surface area contributed by atoms with Crippen LogP contribution in [0, 0.1) is 5.82 Å². The van der Waals surface area contributed by atoms with Crippen molar-refractivity contribution in [2.75, 3.05) is 11.1 Å². The number of nitrogens with one attached hydrogen (secondary N) is 2. The molecule has 0 aliphatic carbocycles. The Balaban J connectivity index is 1.51. The number of carbonyl (C=O) groups is 2. The van der Waals surface area contributed by atoms with Crippen LogP contribution in [-0.4, -0.2) is 32.3 Å². The number of thioether (sulfide) groups is 1. The van der Waals surface area contributed by atoms with Gasteiger partial charge < -0.3 is 10.6 Å². The highest BCUT2D eigenvalue weighted by molar-refractivity contribution is 7.99. The molecule has 7 nitrogen and oxygen atoms in total. The molecule has 0 bridgehead atoms. The average Bonchev–Trinajstić information content (AvgIpc) is 3.30. The zero-order valence-corrected chi connectivity index (χ0v) is 19.8. The lowest BCUT2D eigenvalue weighted by molar-refractivity contribution is -0.138. The Morgan fingerprint density at radius 3 is 2.30 bits per heavy atom. The Labute approximate surface area is 212 Å². The lowest BCUT2D eigenvalue weighted by Crippen LogP contribution is -2.27. The van der Waals surface area contributed by atoms with Crippen molar-refractivity contribution in [1.29, 1.82) is 0 Å². The number of rotatable bonds is 8. The standard InChI is InChI=1S/C25H19F4N5O2S/c26-19-12-6-7-13-20(19)31-22(35)15-37-24-33-32-21(34(24)16-8-2-1-3-9-16)14-30-23(36)17-10-4-5-11-18(17)25(27,28)29/h1-13H,14-15H2,(H,30,36)(H,31,35). The molecule has 12 heteroatoms. The first kappa shape index (κ1) is 25.9. The Morgan fingerprint density at radius 1 is 0.892 bits per heavy atom. The van der Waals surface area contributed by atoms with E-state index in [1.807, 2.05) is 0 Å².